The third kappa shape index (κ3) is 3.81. The molecule has 2 heterocycles. The molecule has 4 heteroatoms. The molecule has 3 rings (SSSR count). The monoisotopic (exact) mass is 330 g/mol. The molecular formula is C20H30N2O2. The van der Waals surface area contributed by atoms with Gasteiger partial charge in [0.05, 0.1) is 6.61 Å². The van der Waals surface area contributed by atoms with Crippen molar-refractivity contribution in [2.45, 2.75) is 26.2 Å². The minimum atomic E-state index is 0.208. The number of piperidine rings is 1. The van der Waals surface area contributed by atoms with Crippen LogP contribution in [0.1, 0.15) is 25.3 Å². The molecule has 0 bridgehead atoms. The maximum Gasteiger partial charge on any atom is 0.219 e. The number of hydrogen-bond acceptors (Lipinski definition) is 3. The van der Waals surface area contributed by atoms with Gasteiger partial charge in [0.15, 0.2) is 0 Å². The van der Waals surface area contributed by atoms with E-state index in [1.807, 2.05) is 4.90 Å². The number of hydrogen-bond donors (Lipinski definition) is 0. The fourth-order valence-electron chi connectivity index (χ4n) is 4.42. The predicted octanol–water partition coefficient (Wildman–Crippen LogP) is 2.44. The summed E-state index contributed by atoms with van der Waals surface area (Å²) < 4.78 is 5.46. The van der Waals surface area contributed by atoms with E-state index in [9.17, 15) is 4.79 Å². The van der Waals surface area contributed by atoms with Crippen LogP contribution in [0.25, 0.3) is 0 Å². The van der Waals surface area contributed by atoms with Gasteiger partial charge in [0.1, 0.15) is 0 Å². The molecule has 132 valence electrons. The Balaban J connectivity index is 1.55. The van der Waals surface area contributed by atoms with E-state index in [1.54, 1.807) is 14.0 Å². The molecule has 1 aromatic rings. The molecule has 2 saturated heterocycles. The van der Waals surface area contributed by atoms with Crippen LogP contribution in [0.5, 0.6) is 0 Å². The van der Waals surface area contributed by atoms with Crippen LogP contribution in [0.4, 0.5) is 0 Å². The van der Waals surface area contributed by atoms with Crippen molar-refractivity contribution in [3.8, 4) is 0 Å². The van der Waals surface area contributed by atoms with Crippen LogP contribution in [0.3, 0.4) is 0 Å². The number of nitrogens with zero attached hydrogens (tertiary/aromatic N) is 2. The summed E-state index contributed by atoms with van der Waals surface area (Å²) >= 11 is 0. The molecule has 1 spiro atoms. The topological polar surface area (TPSA) is 32.8 Å². The Morgan fingerprint density at radius 2 is 1.96 bits per heavy atom. The Kier molecular flexibility index (Phi) is 5.57. The fraction of sp³-hybridized carbons (Fsp3) is 0.650. The number of benzene rings is 1. The lowest BCUT2D eigenvalue weighted by Gasteiger charge is -2.42. The number of amides is 1. The molecule has 1 atom stereocenters. The summed E-state index contributed by atoms with van der Waals surface area (Å²) in [6, 6.07) is 10.7. The van der Waals surface area contributed by atoms with Crippen molar-refractivity contribution < 1.29 is 9.53 Å². The van der Waals surface area contributed by atoms with Gasteiger partial charge < -0.3 is 14.5 Å². The quantitative estimate of drug-likeness (QED) is 0.831. The predicted molar refractivity (Wildman–Crippen MR) is 95.9 cm³/mol. The summed E-state index contributed by atoms with van der Waals surface area (Å²) in [5.41, 5.74) is 1.68. The zero-order chi connectivity index (χ0) is 17.0. The highest BCUT2D eigenvalue weighted by Crippen LogP contribution is 2.44. The summed E-state index contributed by atoms with van der Waals surface area (Å²) in [5.74, 6) is 0.696. The second-order valence-corrected chi connectivity index (χ2v) is 7.49. The molecule has 2 aliphatic rings. The first kappa shape index (κ1) is 17.4. The Labute approximate surface area is 145 Å². The summed E-state index contributed by atoms with van der Waals surface area (Å²) in [6.45, 7) is 7.66. The van der Waals surface area contributed by atoms with Gasteiger partial charge in [-0.15, -0.1) is 0 Å². The molecular weight excluding hydrogens is 300 g/mol. The first-order valence-electron chi connectivity index (χ1n) is 9.14. The number of carbonyl (C=O) groups excluding carboxylic acids is 1. The van der Waals surface area contributed by atoms with Crippen molar-refractivity contribution >= 4 is 5.91 Å². The van der Waals surface area contributed by atoms with E-state index in [1.165, 1.54) is 18.4 Å². The Morgan fingerprint density at radius 3 is 2.58 bits per heavy atom. The van der Waals surface area contributed by atoms with Crippen molar-refractivity contribution in [2.24, 2.45) is 11.3 Å². The van der Waals surface area contributed by atoms with Gasteiger partial charge >= 0.3 is 0 Å². The van der Waals surface area contributed by atoms with E-state index in [4.69, 9.17) is 4.74 Å². The maximum absolute atomic E-state index is 11.8. The smallest absolute Gasteiger partial charge is 0.219 e. The van der Waals surface area contributed by atoms with Crippen molar-refractivity contribution in [1.29, 1.82) is 0 Å². The van der Waals surface area contributed by atoms with Gasteiger partial charge in [-0.2, -0.15) is 0 Å². The van der Waals surface area contributed by atoms with Crippen LogP contribution < -0.4 is 0 Å². The lowest BCUT2D eigenvalue weighted by atomic mass is 9.71. The van der Waals surface area contributed by atoms with Gasteiger partial charge in [-0.3, -0.25) is 4.79 Å². The van der Waals surface area contributed by atoms with E-state index in [2.05, 4.69) is 35.2 Å². The third-order valence-electron chi connectivity index (χ3n) is 6.04. The molecule has 4 nitrogen and oxygen atoms in total. The van der Waals surface area contributed by atoms with Gasteiger partial charge in [-0.05, 0) is 43.3 Å². The molecule has 0 unspecified atom stereocenters. The molecule has 0 aromatic heterocycles. The molecule has 0 radical (unpaired) electrons. The second kappa shape index (κ2) is 7.66. The number of carbonyl (C=O) groups is 1. The van der Waals surface area contributed by atoms with Crippen LogP contribution in [-0.4, -0.2) is 62.1 Å². The molecule has 1 aromatic carbocycles. The largest absolute Gasteiger partial charge is 0.384 e. The lowest BCUT2D eigenvalue weighted by molar-refractivity contribution is -0.128. The summed E-state index contributed by atoms with van der Waals surface area (Å²) in [4.78, 5) is 16.4. The number of ether oxygens (including phenoxy) is 1. The minimum absolute atomic E-state index is 0.208. The zero-order valence-electron chi connectivity index (χ0n) is 15.0. The molecule has 0 saturated carbocycles. The number of rotatable bonds is 5. The van der Waals surface area contributed by atoms with Gasteiger partial charge in [-0.1, -0.05) is 30.3 Å². The summed E-state index contributed by atoms with van der Waals surface area (Å²) in [6.07, 6.45) is 3.48. The molecule has 0 N–H and O–H groups in total. The van der Waals surface area contributed by atoms with E-state index in [-0.39, 0.29) is 11.3 Å². The molecule has 1 amide bonds. The van der Waals surface area contributed by atoms with Gasteiger partial charge in [-0.25, -0.2) is 0 Å². The van der Waals surface area contributed by atoms with Crippen LogP contribution >= 0.6 is 0 Å². The lowest BCUT2D eigenvalue weighted by Crippen LogP contribution is -2.45. The highest BCUT2D eigenvalue weighted by Gasteiger charge is 2.48. The normalized spacial score (nSPS) is 23.8. The average Bonchev–Trinajstić information content (AvgIpc) is 2.94. The van der Waals surface area contributed by atoms with Crippen LogP contribution in [0.2, 0.25) is 0 Å². The van der Waals surface area contributed by atoms with Crippen LogP contribution in [0.15, 0.2) is 30.3 Å². The van der Waals surface area contributed by atoms with E-state index in [0.29, 0.717) is 5.92 Å². The first-order chi connectivity index (χ1) is 11.6. The highest BCUT2D eigenvalue weighted by molar-refractivity contribution is 5.73. The van der Waals surface area contributed by atoms with E-state index in [0.717, 1.165) is 45.8 Å². The third-order valence-corrected chi connectivity index (χ3v) is 6.04. The number of methoxy groups -OCH3 is 1. The Hall–Kier alpha value is -1.39. The van der Waals surface area contributed by atoms with Crippen LogP contribution in [-0.2, 0) is 16.0 Å². The summed E-state index contributed by atoms with van der Waals surface area (Å²) in [7, 11) is 1.78. The van der Waals surface area contributed by atoms with Gasteiger partial charge in [0, 0.05) is 39.6 Å². The van der Waals surface area contributed by atoms with E-state index < -0.39 is 0 Å². The Morgan fingerprint density at radius 1 is 1.25 bits per heavy atom. The molecule has 0 aliphatic carbocycles. The molecule has 2 aliphatic heterocycles. The zero-order valence-corrected chi connectivity index (χ0v) is 15.0. The highest BCUT2D eigenvalue weighted by atomic mass is 16.5. The van der Waals surface area contributed by atoms with Crippen molar-refractivity contribution in [2.75, 3.05) is 46.4 Å². The maximum atomic E-state index is 11.8. The molecule has 24 heavy (non-hydrogen) atoms. The minimum Gasteiger partial charge on any atom is -0.384 e. The second-order valence-electron chi connectivity index (χ2n) is 7.49. The Bertz CT molecular complexity index is 538. The van der Waals surface area contributed by atoms with Crippen LogP contribution in [0, 0.1) is 11.3 Å². The van der Waals surface area contributed by atoms with Gasteiger partial charge in [0.2, 0.25) is 5.91 Å². The standard InChI is InChI=1S/C20H30N2O2/c1-17(23)22-14-19(15-24-2)20(16-22)9-12-21(13-10-20)11-8-18-6-4-3-5-7-18/h3-7,19H,8-16H2,1-2H3/t19-/m1/s1. The van der Waals surface area contributed by atoms with E-state index >= 15 is 0 Å². The SMILES string of the molecule is COC[C@H]1CN(C(C)=O)CC12CCN(CCc1ccccc1)CC2. The summed E-state index contributed by atoms with van der Waals surface area (Å²) in [5, 5.41) is 0. The first-order valence-corrected chi connectivity index (χ1v) is 9.14. The fourth-order valence-corrected chi connectivity index (χ4v) is 4.42. The van der Waals surface area contributed by atoms with Crippen molar-refractivity contribution in [3.63, 3.8) is 0 Å². The average molecular weight is 330 g/mol. The molecule has 2 fully saturated rings. The number of likely N-dealkylation sites (tertiary alicyclic amines) is 2. The van der Waals surface area contributed by atoms with Crippen molar-refractivity contribution in [3.05, 3.63) is 35.9 Å². The van der Waals surface area contributed by atoms with Crippen molar-refractivity contribution in [1.82, 2.24) is 9.80 Å². The van der Waals surface area contributed by atoms with Gasteiger partial charge in [0.25, 0.3) is 0 Å².